The molecule has 1 aromatic heterocycles. The number of carbonyl (C=O) groups is 1. The number of benzene rings is 2. The predicted molar refractivity (Wildman–Crippen MR) is 112 cm³/mol. The summed E-state index contributed by atoms with van der Waals surface area (Å²) in [7, 11) is -3.11. The summed E-state index contributed by atoms with van der Waals surface area (Å²) in [5, 5.41) is 15.4. The molecule has 1 fully saturated rings. The normalized spacial score (nSPS) is 20.7. The standard InChI is InChI=1S/C21H21F3N3O3P/c1-31(30,27-20-17(28)10-25-21(20)29)7-6-14-15-8-13(23)9-16(24)19(15)26-18(14)11-2-4-12(22)5-3-11/h2-5,8-9,17,20,26,28H,6-7,10H2,1H3,(H,25,29)(H,27,30)/t17-,20+,31?/m1/s1. The SMILES string of the molecule is CP(=O)(CCc1c(-c2ccc(F)cc2)[nH]c2c(F)cc(F)cc12)N[C@@H]1C(=O)NC[C@H]1O. The lowest BCUT2D eigenvalue weighted by Crippen LogP contribution is -2.40. The second-order valence-corrected chi connectivity index (χ2v) is 10.7. The Hall–Kier alpha value is -2.61. The molecule has 2 aromatic carbocycles. The highest BCUT2D eigenvalue weighted by Crippen LogP contribution is 2.41. The molecule has 1 amide bonds. The molecule has 4 rings (SSSR count). The Morgan fingerprint density at radius 1 is 1.16 bits per heavy atom. The van der Waals surface area contributed by atoms with Gasteiger partial charge in [0.1, 0.15) is 30.8 Å². The van der Waals surface area contributed by atoms with Gasteiger partial charge in [0.25, 0.3) is 0 Å². The zero-order valence-electron chi connectivity index (χ0n) is 16.6. The molecule has 6 nitrogen and oxygen atoms in total. The molecule has 31 heavy (non-hydrogen) atoms. The van der Waals surface area contributed by atoms with Gasteiger partial charge in [-0.05, 0) is 47.9 Å². The van der Waals surface area contributed by atoms with Gasteiger partial charge in [0.15, 0.2) is 0 Å². The summed E-state index contributed by atoms with van der Waals surface area (Å²) < 4.78 is 54.8. The Kier molecular flexibility index (Phi) is 5.68. The first-order chi connectivity index (χ1) is 14.6. The fraction of sp³-hybridized carbons (Fsp3) is 0.286. The minimum absolute atomic E-state index is 0.0722. The van der Waals surface area contributed by atoms with Gasteiger partial charge in [-0.25, -0.2) is 13.2 Å². The Morgan fingerprint density at radius 2 is 1.87 bits per heavy atom. The van der Waals surface area contributed by atoms with Gasteiger partial charge in [-0.1, -0.05) is 0 Å². The maximum absolute atomic E-state index is 14.4. The predicted octanol–water partition coefficient (Wildman–Crippen LogP) is 3.15. The van der Waals surface area contributed by atoms with E-state index in [1.165, 1.54) is 37.0 Å². The summed E-state index contributed by atoms with van der Waals surface area (Å²) in [6.45, 7) is 1.53. The molecule has 1 unspecified atom stereocenters. The van der Waals surface area contributed by atoms with Gasteiger partial charge in [0.05, 0.1) is 11.6 Å². The average Bonchev–Trinajstić information content (AvgIpc) is 3.22. The number of aromatic amines is 1. The van der Waals surface area contributed by atoms with Crippen LogP contribution in [0.15, 0.2) is 36.4 Å². The number of aliphatic hydroxyl groups is 1. The number of rotatable bonds is 6. The topological polar surface area (TPSA) is 94.2 Å². The van der Waals surface area contributed by atoms with E-state index in [1.54, 1.807) is 0 Å². The van der Waals surface area contributed by atoms with E-state index in [1.807, 2.05) is 0 Å². The number of nitrogens with one attached hydrogen (secondary N) is 3. The molecule has 4 N–H and O–H groups in total. The Labute approximate surface area is 176 Å². The van der Waals surface area contributed by atoms with Crippen LogP contribution in [0.25, 0.3) is 22.2 Å². The first-order valence-electron chi connectivity index (χ1n) is 9.70. The van der Waals surface area contributed by atoms with Gasteiger partial charge in [-0.3, -0.25) is 9.88 Å². The van der Waals surface area contributed by atoms with Crippen molar-refractivity contribution in [3.8, 4) is 11.3 Å². The van der Waals surface area contributed by atoms with Crippen LogP contribution in [0.3, 0.4) is 0 Å². The van der Waals surface area contributed by atoms with Crippen LogP contribution in [0.5, 0.6) is 0 Å². The Bertz CT molecular complexity index is 1200. The molecule has 2 heterocycles. The zero-order valence-corrected chi connectivity index (χ0v) is 17.5. The van der Waals surface area contributed by atoms with Crippen LogP contribution in [0.4, 0.5) is 13.2 Å². The lowest BCUT2D eigenvalue weighted by atomic mass is 10.0. The van der Waals surface area contributed by atoms with Gasteiger partial charge < -0.3 is 20.0 Å². The number of fused-ring (bicyclic) bond motifs is 1. The van der Waals surface area contributed by atoms with Crippen molar-refractivity contribution >= 4 is 24.1 Å². The van der Waals surface area contributed by atoms with Crippen molar-refractivity contribution in [2.75, 3.05) is 19.4 Å². The van der Waals surface area contributed by atoms with Crippen LogP contribution in [-0.4, -0.2) is 47.5 Å². The Balaban J connectivity index is 1.68. The third-order valence-electron chi connectivity index (χ3n) is 5.42. The second-order valence-electron chi connectivity index (χ2n) is 7.79. The minimum atomic E-state index is -3.11. The number of β-amino-alcohol motifs (C(OH)–C–C–N with tert-alkyl or cyclic N) is 1. The summed E-state index contributed by atoms with van der Waals surface area (Å²) in [6, 6.07) is 6.53. The molecule has 3 atom stereocenters. The number of carbonyl (C=O) groups excluding carboxylic acids is 1. The zero-order chi connectivity index (χ0) is 22.3. The summed E-state index contributed by atoms with van der Waals surface area (Å²) >= 11 is 0. The summed E-state index contributed by atoms with van der Waals surface area (Å²) in [5.74, 6) is -2.39. The average molecular weight is 451 g/mol. The number of hydrogen-bond acceptors (Lipinski definition) is 3. The molecule has 0 saturated carbocycles. The van der Waals surface area contributed by atoms with Crippen molar-refractivity contribution in [1.82, 2.24) is 15.4 Å². The molecule has 1 aliphatic rings. The fourth-order valence-corrected chi connectivity index (χ4v) is 5.49. The monoisotopic (exact) mass is 451 g/mol. The number of aryl methyl sites for hydroxylation is 1. The molecule has 1 saturated heterocycles. The molecule has 0 bridgehead atoms. The third kappa shape index (κ3) is 4.39. The van der Waals surface area contributed by atoms with Crippen LogP contribution in [-0.2, 0) is 15.8 Å². The summed E-state index contributed by atoms with van der Waals surface area (Å²) in [4.78, 5) is 14.8. The smallest absolute Gasteiger partial charge is 0.240 e. The molecule has 0 aliphatic carbocycles. The molecule has 164 valence electrons. The largest absolute Gasteiger partial charge is 0.389 e. The summed E-state index contributed by atoms with van der Waals surface area (Å²) in [5.41, 5.74) is 1.66. The van der Waals surface area contributed by atoms with Gasteiger partial charge in [0, 0.05) is 36.5 Å². The van der Waals surface area contributed by atoms with Gasteiger partial charge in [-0.15, -0.1) is 0 Å². The van der Waals surface area contributed by atoms with E-state index in [-0.39, 0.29) is 24.6 Å². The highest BCUT2D eigenvalue weighted by atomic mass is 31.2. The van der Waals surface area contributed by atoms with Crippen molar-refractivity contribution in [1.29, 1.82) is 0 Å². The molecular weight excluding hydrogens is 430 g/mol. The van der Waals surface area contributed by atoms with Gasteiger partial charge >= 0.3 is 0 Å². The molecule has 0 radical (unpaired) electrons. The molecule has 3 aromatic rings. The lowest BCUT2D eigenvalue weighted by Gasteiger charge is -2.20. The molecular formula is C21H21F3N3O3P. The van der Waals surface area contributed by atoms with Crippen molar-refractivity contribution in [2.24, 2.45) is 0 Å². The molecule has 10 heteroatoms. The molecule has 1 aliphatic heterocycles. The number of H-pyrrole nitrogens is 1. The fourth-order valence-electron chi connectivity index (χ4n) is 3.83. The maximum atomic E-state index is 14.4. The van der Waals surface area contributed by atoms with Crippen LogP contribution < -0.4 is 10.4 Å². The first-order valence-corrected chi connectivity index (χ1v) is 12.0. The van der Waals surface area contributed by atoms with E-state index in [4.69, 9.17) is 0 Å². The second kappa shape index (κ2) is 8.15. The maximum Gasteiger partial charge on any atom is 0.240 e. The Morgan fingerprint density at radius 3 is 2.52 bits per heavy atom. The van der Waals surface area contributed by atoms with Crippen molar-refractivity contribution in [2.45, 2.75) is 18.6 Å². The number of aromatic nitrogens is 1. The highest BCUT2D eigenvalue weighted by molar-refractivity contribution is 7.61. The summed E-state index contributed by atoms with van der Waals surface area (Å²) in [6.07, 6.45) is -0.754. The van der Waals surface area contributed by atoms with Crippen LogP contribution >= 0.6 is 7.29 Å². The van der Waals surface area contributed by atoms with E-state index >= 15 is 0 Å². The molecule has 0 spiro atoms. The third-order valence-corrected chi connectivity index (χ3v) is 7.32. The minimum Gasteiger partial charge on any atom is -0.389 e. The number of aliphatic hydroxyl groups excluding tert-OH is 1. The van der Waals surface area contributed by atoms with Crippen molar-refractivity contribution in [3.05, 3.63) is 59.4 Å². The van der Waals surface area contributed by atoms with Crippen molar-refractivity contribution < 1.29 is 27.6 Å². The van der Waals surface area contributed by atoms with Crippen molar-refractivity contribution in [3.63, 3.8) is 0 Å². The van der Waals surface area contributed by atoms with Gasteiger partial charge in [-0.2, -0.15) is 0 Å². The van der Waals surface area contributed by atoms with Gasteiger partial charge in [0.2, 0.25) is 5.91 Å². The van der Waals surface area contributed by atoms with E-state index < -0.39 is 42.8 Å². The van der Waals surface area contributed by atoms with E-state index in [2.05, 4.69) is 15.4 Å². The first kappa shape index (κ1) is 21.6. The van der Waals surface area contributed by atoms with Crippen LogP contribution in [0.1, 0.15) is 5.56 Å². The number of halogens is 3. The van der Waals surface area contributed by atoms with E-state index in [0.29, 0.717) is 22.2 Å². The van der Waals surface area contributed by atoms with Crippen LogP contribution in [0, 0.1) is 17.5 Å². The van der Waals surface area contributed by atoms with E-state index in [9.17, 15) is 27.6 Å². The lowest BCUT2D eigenvalue weighted by molar-refractivity contribution is -0.121. The quantitative estimate of drug-likeness (QED) is 0.433. The highest BCUT2D eigenvalue weighted by Gasteiger charge is 2.36. The number of hydrogen-bond donors (Lipinski definition) is 4. The van der Waals surface area contributed by atoms with E-state index in [0.717, 1.165) is 6.07 Å². The number of amides is 1. The van der Waals surface area contributed by atoms with Crippen LogP contribution in [0.2, 0.25) is 0 Å².